The molecule has 3 nitrogen and oxygen atoms in total. The molecule has 0 aromatic heterocycles. The third-order valence-electron chi connectivity index (χ3n) is 4.76. The number of esters is 1. The molecule has 3 rings (SSSR count). The molecule has 3 heteroatoms. The van der Waals surface area contributed by atoms with E-state index in [1.807, 2.05) is 20.8 Å². The van der Waals surface area contributed by atoms with Crippen LogP contribution < -0.4 is 0 Å². The summed E-state index contributed by atoms with van der Waals surface area (Å²) in [5, 5.41) is 0. The highest BCUT2D eigenvalue weighted by Crippen LogP contribution is 2.47. The second-order valence-corrected chi connectivity index (χ2v) is 5.82. The van der Waals surface area contributed by atoms with Crippen molar-refractivity contribution in [2.24, 2.45) is 17.8 Å². The Hall–Kier alpha value is -1.38. The van der Waals surface area contributed by atoms with E-state index in [0.717, 1.165) is 24.0 Å². The van der Waals surface area contributed by atoms with E-state index in [4.69, 9.17) is 4.74 Å². The monoisotopic (exact) mass is 246 g/mol. The lowest BCUT2D eigenvalue weighted by molar-refractivity contribution is -0.144. The fraction of sp³-hybridized carbons (Fsp3) is 0.600. The maximum absolute atomic E-state index is 12.1. The van der Waals surface area contributed by atoms with Crippen molar-refractivity contribution in [1.82, 2.24) is 0 Å². The largest absolute Gasteiger partial charge is 0.461 e. The Morgan fingerprint density at radius 1 is 1.28 bits per heavy atom. The van der Waals surface area contributed by atoms with Gasteiger partial charge in [0.05, 0.1) is 5.92 Å². The molecule has 18 heavy (non-hydrogen) atoms. The molecule has 96 valence electrons. The van der Waals surface area contributed by atoms with Crippen LogP contribution in [0, 0.1) is 17.8 Å². The summed E-state index contributed by atoms with van der Waals surface area (Å²) < 4.78 is 5.57. The first-order valence-corrected chi connectivity index (χ1v) is 6.63. The van der Waals surface area contributed by atoms with Gasteiger partial charge < -0.3 is 4.74 Å². The maximum Gasteiger partial charge on any atom is 0.309 e. The van der Waals surface area contributed by atoms with Gasteiger partial charge in [0.15, 0.2) is 5.78 Å². The minimum Gasteiger partial charge on any atom is -0.461 e. The van der Waals surface area contributed by atoms with Crippen LogP contribution in [0.4, 0.5) is 0 Å². The van der Waals surface area contributed by atoms with Crippen LogP contribution in [0.2, 0.25) is 0 Å². The number of hydrogen-bond donors (Lipinski definition) is 0. The summed E-state index contributed by atoms with van der Waals surface area (Å²) in [4.78, 5) is 23.8. The Morgan fingerprint density at radius 2 is 2.00 bits per heavy atom. The number of hydrogen-bond acceptors (Lipinski definition) is 3. The minimum absolute atomic E-state index is 0.0129. The van der Waals surface area contributed by atoms with Gasteiger partial charge in [-0.2, -0.15) is 0 Å². The van der Waals surface area contributed by atoms with Crippen molar-refractivity contribution in [1.29, 1.82) is 0 Å². The van der Waals surface area contributed by atoms with Crippen molar-refractivity contribution in [2.45, 2.75) is 39.7 Å². The first-order chi connectivity index (χ1) is 8.50. The van der Waals surface area contributed by atoms with Crippen LogP contribution in [0.5, 0.6) is 0 Å². The van der Waals surface area contributed by atoms with E-state index >= 15 is 0 Å². The molecule has 1 saturated heterocycles. The zero-order valence-corrected chi connectivity index (χ0v) is 11.0. The standard InChI is InChI=1S/C15H18O3/c1-7-4-5-10-9(3)15(17)18-14(10)13-8(2)6-11(16)12(7)13/h6,9-10,13-14H,4-5H2,1-3H3/t9-,10-,13+,14-/m1/s1. The summed E-state index contributed by atoms with van der Waals surface area (Å²) >= 11 is 0. The van der Waals surface area contributed by atoms with E-state index < -0.39 is 0 Å². The van der Waals surface area contributed by atoms with E-state index in [1.54, 1.807) is 6.08 Å². The maximum atomic E-state index is 12.1. The molecule has 0 N–H and O–H groups in total. The summed E-state index contributed by atoms with van der Waals surface area (Å²) in [6, 6.07) is 0. The average Bonchev–Trinajstić information content (AvgIpc) is 2.68. The zero-order valence-electron chi connectivity index (χ0n) is 11.0. The van der Waals surface area contributed by atoms with Crippen LogP contribution in [-0.2, 0) is 14.3 Å². The Bertz CT molecular complexity index is 498. The van der Waals surface area contributed by atoms with Gasteiger partial charge in [-0.3, -0.25) is 9.59 Å². The van der Waals surface area contributed by atoms with Gasteiger partial charge in [-0.1, -0.05) is 18.1 Å². The smallest absolute Gasteiger partial charge is 0.309 e. The summed E-state index contributed by atoms with van der Waals surface area (Å²) in [6.45, 7) is 5.96. The zero-order chi connectivity index (χ0) is 13.0. The molecule has 0 spiro atoms. The molecule has 0 saturated carbocycles. The third kappa shape index (κ3) is 1.43. The summed E-state index contributed by atoms with van der Waals surface area (Å²) in [7, 11) is 0. The summed E-state index contributed by atoms with van der Waals surface area (Å²) in [6.07, 6.45) is 3.44. The number of ether oxygens (including phenoxy) is 1. The quantitative estimate of drug-likeness (QED) is 0.616. The lowest BCUT2D eigenvalue weighted by atomic mass is 9.81. The van der Waals surface area contributed by atoms with Gasteiger partial charge in [-0.05, 0) is 32.8 Å². The predicted octanol–water partition coefficient (Wildman–Crippen LogP) is 2.42. The molecule has 0 aromatic rings. The van der Waals surface area contributed by atoms with Crippen molar-refractivity contribution in [2.75, 3.05) is 0 Å². The van der Waals surface area contributed by atoms with Crippen LogP contribution >= 0.6 is 0 Å². The molecule has 1 heterocycles. The number of carbonyl (C=O) groups is 2. The average molecular weight is 246 g/mol. The first-order valence-electron chi connectivity index (χ1n) is 6.63. The fourth-order valence-electron chi connectivity index (χ4n) is 3.69. The van der Waals surface area contributed by atoms with Gasteiger partial charge in [0, 0.05) is 17.4 Å². The van der Waals surface area contributed by atoms with Crippen LogP contribution in [0.1, 0.15) is 33.6 Å². The molecule has 4 atom stereocenters. The Balaban J connectivity index is 2.07. The molecule has 1 fully saturated rings. The molecule has 0 radical (unpaired) electrons. The van der Waals surface area contributed by atoms with Crippen molar-refractivity contribution in [3.8, 4) is 0 Å². The number of fused-ring (bicyclic) bond motifs is 3. The van der Waals surface area contributed by atoms with E-state index in [0.29, 0.717) is 0 Å². The van der Waals surface area contributed by atoms with Gasteiger partial charge in [-0.25, -0.2) is 0 Å². The Morgan fingerprint density at radius 3 is 2.72 bits per heavy atom. The van der Waals surface area contributed by atoms with Crippen molar-refractivity contribution in [3.05, 3.63) is 22.8 Å². The van der Waals surface area contributed by atoms with Crippen LogP contribution in [0.25, 0.3) is 0 Å². The van der Waals surface area contributed by atoms with E-state index in [2.05, 4.69) is 0 Å². The van der Waals surface area contributed by atoms with Gasteiger partial charge in [-0.15, -0.1) is 0 Å². The molecule has 3 aliphatic rings. The Labute approximate surface area is 107 Å². The summed E-state index contributed by atoms with van der Waals surface area (Å²) in [5.41, 5.74) is 3.12. The Kier molecular flexibility index (Phi) is 2.47. The SMILES string of the molecule is CC1=CC(=O)C2=C(C)CC[C@H]3[C@@H](OC(=O)[C@@H]3C)[C@@H]12. The van der Waals surface area contributed by atoms with Crippen molar-refractivity contribution in [3.63, 3.8) is 0 Å². The van der Waals surface area contributed by atoms with Gasteiger partial charge in [0.1, 0.15) is 6.10 Å². The summed E-state index contributed by atoms with van der Waals surface area (Å²) in [5.74, 6) is 0.246. The normalized spacial score (nSPS) is 39.2. The molecule has 2 aliphatic carbocycles. The van der Waals surface area contributed by atoms with E-state index in [9.17, 15) is 9.59 Å². The van der Waals surface area contributed by atoms with E-state index in [-0.39, 0.29) is 35.6 Å². The molecular formula is C15H18O3. The van der Waals surface area contributed by atoms with Gasteiger partial charge in [0.25, 0.3) is 0 Å². The van der Waals surface area contributed by atoms with Crippen LogP contribution in [-0.4, -0.2) is 17.9 Å². The second-order valence-electron chi connectivity index (χ2n) is 5.82. The molecule has 0 amide bonds. The molecule has 1 aliphatic heterocycles. The predicted molar refractivity (Wildman–Crippen MR) is 66.7 cm³/mol. The van der Waals surface area contributed by atoms with Crippen LogP contribution in [0.15, 0.2) is 22.8 Å². The number of allylic oxidation sites excluding steroid dienone is 2. The van der Waals surface area contributed by atoms with Gasteiger partial charge >= 0.3 is 5.97 Å². The third-order valence-corrected chi connectivity index (χ3v) is 4.76. The molecule has 0 bridgehead atoms. The van der Waals surface area contributed by atoms with Crippen LogP contribution in [0.3, 0.4) is 0 Å². The number of carbonyl (C=O) groups excluding carboxylic acids is 2. The highest BCUT2D eigenvalue weighted by molar-refractivity contribution is 6.09. The fourth-order valence-corrected chi connectivity index (χ4v) is 3.69. The number of rotatable bonds is 0. The van der Waals surface area contributed by atoms with Crippen molar-refractivity contribution >= 4 is 11.8 Å². The van der Waals surface area contributed by atoms with Crippen molar-refractivity contribution < 1.29 is 14.3 Å². The minimum atomic E-state index is -0.123. The molecular weight excluding hydrogens is 228 g/mol. The molecule has 0 unspecified atom stereocenters. The van der Waals surface area contributed by atoms with Gasteiger partial charge in [0.2, 0.25) is 0 Å². The second kappa shape index (κ2) is 3.81. The lowest BCUT2D eigenvalue weighted by Gasteiger charge is -2.24. The van der Waals surface area contributed by atoms with E-state index in [1.165, 1.54) is 5.57 Å². The highest BCUT2D eigenvalue weighted by Gasteiger charge is 2.50. The highest BCUT2D eigenvalue weighted by atomic mass is 16.6. The molecule has 0 aromatic carbocycles. The topological polar surface area (TPSA) is 43.4 Å². The lowest BCUT2D eigenvalue weighted by Crippen LogP contribution is -2.28. The first kappa shape index (κ1) is 11.7. The number of ketones is 1.